The molecule has 1 heterocycles. The Morgan fingerprint density at radius 3 is 1.77 bits per heavy atom. The minimum atomic E-state index is -0.837. The van der Waals surface area contributed by atoms with E-state index in [9.17, 15) is 0 Å². The van der Waals surface area contributed by atoms with E-state index in [-0.39, 0.29) is 0 Å². The van der Waals surface area contributed by atoms with Gasteiger partial charge in [0.25, 0.3) is 5.12 Å². The van der Waals surface area contributed by atoms with Gasteiger partial charge in [0.15, 0.2) is 0 Å². The normalized spacial score (nSPS) is 24.9. The molecular formula is C8H16O4S. The Morgan fingerprint density at radius 2 is 1.46 bits per heavy atom. The van der Waals surface area contributed by atoms with Crippen molar-refractivity contribution in [1.29, 1.82) is 0 Å². The summed E-state index contributed by atoms with van der Waals surface area (Å²) in [7, 11) is 6.38. The number of rotatable bonds is 4. The molecule has 5 heteroatoms. The lowest BCUT2D eigenvalue weighted by molar-refractivity contribution is -0.340. The van der Waals surface area contributed by atoms with E-state index >= 15 is 0 Å². The number of methoxy groups -OCH3 is 4. The van der Waals surface area contributed by atoms with Crippen LogP contribution in [0.4, 0.5) is 0 Å². The van der Waals surface area contributed by atoms with E-state index in [1.165, 1.54) is 0 Å². The zero-order chi connectivity index (χ0) is 9.95. The molecule has 0 aliphatic carbocycles. The molecule has 0 amide bonds. The van der Waals surface area contributed by atoms with Crippen molar-refractivity contribution in [1.82, 2.24) is 0 Å². The number of hydrogen-bond donors (Lipinski definition) is 0. The molecule has 1 saturated heterocycles. The highest BCUT2D eigenvalue weighted by Gasteiger charge is 2.59. The Kier molecular flexibility index (Phi) is 3.59. The Bertz CT molecular complexity index is 148. The van der Waals surface area contributed by atoms with Crippen LogP contribution in [0.15, 0.2) is 0 Å². The van der Waals surface area contributed by atoms with E-state index in [2.05, 4.69) is 0 Å². The first-order chi connectivity index (χ1) is 6.20. The van der Waals surface area contributed by atoms with Crippen molar-refractivity contribution in [3.63, 3.8) is 0 Å². The first-order valence-electron chi connectivity index (χ1n) is 4.05. The average molecular weight is 208 g/mol. The van der Waals surface area contributed by atoms with Gasteiger partial charge in [0, 0.05) is 40.6 Å². The lowest BCUT2D eigenvalue weighted by Gasteiger charge is -2.39. The van der Waals surface area contributed by atoms with E-state index in [0.29, 0.717) is 0 Å². The Labute approximate surface area is 82.9 Å². The highest BCUT2D eigenvalue weighted by Crippen LogP contribution is 2.49. The predicted octanol–water partition coefficient (Wildman–Crippen LogP) is 1.06. The zero-order valence-electron chi connectivity index (χ0n) is 8.46. The van der Waals surface area contributed by atoms with Gasteiger partial charge < -0.3 is 18.9 Å². The van der Waals surface area contributed by atoms with Crippen molar-refractivity contribution in [3.8, 4) is 0 Å². The Balaban J connectivity index is 2.92. The average Bonchev–Trinajstić information content (AvgIpc) is 2.57. The third-order valence-electron chi connectivity index (χ3n) is 2.39. The highest BCUT2D eigenvalue weighted by atomic mass is 32.2. The molecule has 0 unspecified atom stereocenters. The van der Waals surface area contributed by atoms with Crippen LogP contribution in [0.3, 0.4) is 0 Å². The highest BCUT2D eigenvalue weighted by molar-refractivity contribution is 8.00. The quantitative estimate of drug-likeness (QED) is 0.646. The van der Waals surface area contributed by atoms with Crippen LogP contribution in [0.25, 0.3) is 0 Å². The minimum Gasteiger partial charge on any atom is -0.348 e. The van der Waals surface area contributed by atoms with Gasteiger partial charge in [0.2, 0.25) is 5.79 Å². The number of ether oxygens (including phenoxy) is 4. The van der Waals surface area contributed by atoms with Gasteiger partial charge in [-0.15, -0.1) is 0 Å². The van der Waals surface area contributed by atoms with Crippen LogP contribution in [0, 0.1) is 0 Å². The second-order valence-corrected chi connectivity index (χ2v) is 3.96. The van der Waals surface area contributed by atoms with Crippen LogP contribution in [0.1, 0.15) is 6.42 Å². The van der Waals surface area contributed by atoms with Crippen molar-refractivity contribution in [2.75, 3.05) is 34.2 Å². The second kappa shape index (κ2) is 4.14. The van der Waals surface area contributed by atoms with Gasteiger partial charge in [-0.2, -0.15) is 0 Å². The third-order valence-corrected chi connectivity index (χ3v) is 3.82. The lowest BCUT2D eigenvalue weighted by atomic mass is 10.2. The van der Waals surface area contributed by atoms with E-state index < -0.39 is 10.9 Å². The summed E-state index contributed by atoms with van der Waals surface area (Å²) in [5, 5.41) is -0.837. The fourth-order valence-corrected chi connectivity index (χ4v) is 3.00. The molecule has 0 radical (unpaired) electrons. The second-order valence-electron chi connectivity index (χ2n) is 2.72. The molecule has 78 valence electrons. The molecule has 0 bridgehead atoms. The van der Waals surface area contributed by atoms with E-state index in [0.717, 1.165) is 12.2 Å². The van der Waals surface area contributed by atoms with Crippen LogP contribution in [-0.4, -0.2) is 45.1 Å². The molecule has 0 spiro atoms. The molecule has 0 N–H and O–H groups in total. The summed E-state index contributed by atoms with van der Waals surface area (Å²) in [6.07, 6.45) is 0.756. The summed E-state index contributed by atoms with van der Waals surface area (Å²) in [4.78, 5) is 0. The smallest absolute Gasteiger partial charge is 0.274 e. The Hall–Kier alpha value is 0.190. The molecule has 13 heavy (non-hydrogen) atoms. The third kappa shape index (κ3) is 1.49. The molecule has 0 saturated carbocycles. The molecule has 1 aliphatic heterocycles. The fraction of sp³-hybridized carbons (Fsp3) is 1.00. The Morgan fingerprint density at radius 1 is 0.923 bits per heavy atom. The first kappa shape index (κ1) is 11.3. The van der Waals surface area contributed by atoms with E-state index in [1.807, 2.05) is 0 Å². The van der Waals surface area contributed by atoms with Gasteiger partial charge >= 0.3 is 0 Å². The van der Waals surface area contributed by atoms with E-state index in [1.54, 1.807) is 40.2 Å². The SMILES string of the molecule is COC1(OC)CCSC1(OC)OC. The van der Waals surface area contributed by atoms with Gasteiger partial charge in [-0.25, -0.2) is 0 Å². The van der Waals surface area contributed by atoms with Crippen LogP contribution in [0.2, 0.25) is 0 Å². The summed E-state index contributed by atoms with van der Waals surface area (Å²) in [6.45, 7) is 0. The maximum Gasteiger partial charge on any atom is 0.274 e. The lowest BCUT2D eigenvalue weighted by Crippen LogP contribution is -2.53. The minimum absolute atomic E-state index is 0.756. The molecular weight excluding hydrogens is 192 g/mol. The van der Waals surface area contributed by atoms with Crippen molar-refractivity contribution in [2.24, 2.45) is 0 Å². The molecule has 1 aliphatic rings. The van der Waals surface area contributed by atoms with Crippen molar-refractivity contribution in [2.45, 2.75) is 17.3 Å². The molecule has 1 rings (SSSR count). The molecule has 0 aromatic rings. The van der Waals surface area contributed by atoms with Gasteiger partial charge in [-0.3, -0.25) is 0 Å². The van der Waals surface area contributed by atoms with Crippen LogP contribution in [-0.2, 0) is 18.9 Å². The molecule has 0 aromatic heterocycles. The summed E-state index contributed by atoms with van der Waals surface area (Å²) in [5.41, 5.74) is 0. The van der Waals surface area contributed by atoms with Crippen LogP contribution < -0.4 is 0 Å². The monoisotopic (exact) mass is 208 g/mol. The molecule has 0 atom stereocenters. The standard InChI is InChI=1S/C8H16O4S/c1-9-7(10-2)5-6-13-8(7,11-3)12-4/h5-6H2,1-4H3. The number of hydrogen-bond acceptors (Lipinski definition) is 5. The predicted molar refractivity (Wildman–Crippen MR) is 50.6 cm³/mol. The summed E-state index contributed by atoms with van der Waals surface area (Å²) < 4.78 is 21.4. The fourth-order valence-electron chi connectivity index (χ4n) is 1.63. The topological polar surface area (TPSA) is 36.9 Å². The number of thioether (sulfide) groups is 1. The van der Waals surface area contributed by atoms with Gasteiger partial charge in [-0.1, -0.05) is 11.8 Å². The molecule has 4 nitrogen and oxygen atoms in total. The summed E-state index contributed by atoms with van der Waals surface area (Å²) >= 11 is 1.55. The van der Waals surface area contributed by atoms with Crippen molar-refractivity contribution < 1.29 is 18.9 Å². The first-order valence-corrected chi connectivity index (χ1v) is 5.03. The van der Waals surface area contributed by atoms with Gasteiger partial charge in [0.05, 0.1) is 0 Å². The zero-order valence-corrected chi connectivity index (χ0v) is 9.27. The van der Waals surface area contributed by atoms with Crippen LogP contribution in [0.5, 0.6) is 0 Å². The summed E-state index contributed by atoms with van der Waals surface area (Å²) in [6, 6.07) is 0. The maximum absolute atomic E-state index is 5.35. The molecule has 0 aromatic carbocycles. The van der Waals surface area contributed by atoms with Gasteiger partial charge in [0.1, 0.15) is 0 Å². The van der Waals surface area contributed by atoms with Crippen molar-refractivity contribution >= 4 is 11.8 Å². The van der Waals surface area contributed by atoms with Crippen molar-refractivity contribution in [3.05, 3.63) is 0 Å². The van der Waals surface area contributed by atoms with Gasteiger partial charge in [-0.05, 0) is 0 Å². The van der Waals surface area contributed by atoms with E-state index in [4.69, 9.17) is 18.9 Å². The summed E-state index contributed by atoms with van der Waals surface area (Å²) in [5.74, 6) is 0.102. The van der Waals surface area contributed by atoms with Crippen LogP contribution >= 0.6 is 11.8 Å². The maximum atomic E-state index is 5.35. The molecule has 1 fully saturated rings. The largest absolute Gasteiger partial charge is 0.348 e.